The molecule has 0 bridgehead atoms. The van der Waals surface area contributed by atoms with Crippen molar-refractivity contribution in [2.24, 2.45) is 0 Å². The van der Waals surface area contributed by atoms with Gasteiger partial charge in [-0.1, -0.05) is 11.6 Å². The molecule has 7 nitrogen and oxygen atoms in total. The largest absolute Gasteiger partial charge is 0.480 e. The van der Waals surface area contributed by atoms with E-state index in [2.05, 4.69) is 20.5 Å². The molecule has 0 saturated carbocycles. The van der Waals surface area contributed by atoms with E-state index in [1.165, 1.54) is 0 Å². The smallest absolute Gasteiger partial charge is 0.425 e. The van der Waals surface area contributed by atoms with Crippen molar-refractivity contribution in [3.63, 3.8) is 0 Å². The van der Waals surface area contributed by atoms with E-state index in [0.29, 0.717) is 5.69 Å². The molecule has 2 N–H and O–H groups in total. The molecule has 1 aliphatic rings. The number of ether oxygens (including phenoxy) is 1. The standard InChI is InChI=1S/C20H18ClF4N5O2/c1-9-17(18(21)29-28-9)27-19(31)12-6-13(22)11(7-15(12)32-10(2)20(23,24)25)14-8-30-5-3-4-16(30)26-14/h6-8,10H,3-5H2,1-2H3,(H,27,31)(H,28,29)/t10-/m0/s1. The van der Waals surface area contributed by atoms with E-state index >= 15 is 0 Å². The molecular formula is C20H18ClF4N5O2. The molecule has 0 fully saturated rings. The molecule has 1 aromatic carbocycles. The molecule has 3 heterocycles. The van der Waals surface area contributed by atoms with E-state index in [1.807, 2.05) is 4.57 Å². The number of H-pyrrole nitrogens is 1. The minimum Gasteiger partial charge on any atom is -0.480 e. The number of amides is 1. The minimum atomic E-state index is -4.69. The van der Waals surface area contributed by atoms with Crippen LogP contribution in [0.25, 0.3) is 11.3 Å². The number of alkyl halides is 3. The van der Waals surface area contributed by atoms with Crippen molar-refractivity contribution in [3.8, 4) is 17.0 Å². The fraction of sp³-hybridized carbons (Fsp3) is 0.350. The number of fused-ring (bicyclic) bond motifs is 1. The number of hydrogen-bond acceptors (Lipinski definition) is 4. The Bertz CT molecular complexity index is 1150. The fourth-order valence-corrected chi connectivity index (χ4v) is 3.62. The van der Waals surface area contributed by atoms with Crippen molar-refractivity contribution in [2.75, 3.05) is 5.32 Å². The number of imidazole rings is 1. The quantitative estimate of drug-likeness (QED) is 0.518. The molecule has 1 aliphatic heterocycles. The highest BCUT2D eigenvalue weighted by molar-refractivity contribution is 6.33. The fourth-order valence-electron chi connectivity index (χ4n) is 3.39. The second kappa shape index (κ2) is 8.12. The third-order valence-corrected chi connectivity index (χ3v) is 5.43. The number of aromatic nitrogens is 4. The predicted molar refractivity (Wildman–Crippen MR) is 108 cm³/mol. The molecule has 32 heavy (non-hydrogen) atoms. The highest BCUT2D eigenvalue weighted by Gasteiger charge is 2.39. The highest BCUT2D eigenvalue weighted by Crippen LogP contribution is 2.35. The van der Waals surface area contributed by atoms with Gasteiger partial charge in [0.15, 0.2) is 11.3 Å². The lowest BCUT2D eigenvalue weighted by Gasteiger charge is -2.20. The topological polar surface area (TPSA) is 84.8 Å². The van der Waals surface area contributed by atoms with Crippen LogP contribution in [0.5, 0.6) is 5.75 Å². The lowest BCUT2D eigenvalue weighted by atomic mass is 10.1. The number of nitrogens with one attached hydrogen (secondary N) is 2. The summed E-state index contributed by atoms with van der Waals surface area (Å²) in [7, 11) is 0. The molecule has 4 rings (SSSR count). The molecule has 0 unspecified atom stereocenters. The van der Waals surface area contributed by atoms with Gasteiger partial charge in [-0.25, -0.2) is 9.37 Å². The molecule has 1 amide bonds. The number of hydrogen-bond donors (Lipinski definition) is 2. The summed E-state index contributed by atoms with van der Waals surface area (Å²) in [6, 6.07) is 1.89. The van der Waals surface area contributed by atoms with Gasteiger partial charge in [0.2, 0.25) is 0 Å². The van der Waals surface area contributed by atoms with Crippen LogP contribution in [0.15, 0.2) is 18.3 Å². The number of nitrogens with zero attached hydrogens (tertiary/aromatic N) is 3. The first kappa shape index (κ1) is 22.1. The SMILES string of the molecule is Cc1[nH]nc(Cl)c1NC(=O)c1cc(F)c(-c2cn3c(n2)CCC3)cc1O[C@@H](C)C(F)(F)F. The van der Waals surface area contributed by atoms with Gasteiger partial charge in [0.1, 0.15) is 23.1 Å². The average Bonchev–Trinajstić information content (AvgIpc) is 3.39. The molecular weight excluding hydrogens is 454 g/mol. The maximum Gasteiger partial charge on any atom is 0.425 e. The summed E-state index contributed by atoms with van der Waals surface area (Å²) >= 11 is 5.91. The van der Waals surface area contributed by atoms with E-state index in [-0.39, 0.29) is 22.1 Å². The number of aryl methyl sites for hydroxylation is 3. The molecule has 2 aromatic heterocycles. The Hall–Kier alpha value is -3.08. The normalized spacial score (nSPS) is 14.3. The Morgan fingerprint density at radius 2 is 2.12 bits per heavy atom. The van der Waals surface area contributed by atoms with Crippen LogP contribution in [0.4, 0.5) is 23.2 Å². The van der Waals surface area contributed by atoms with Crippen LogP contribution >= 0.6 is 11.6 Å². The van der Waals surface area contributed by atoms with Crippen molar-refractivity contribution in [3.05, 3.63) is 46.4 Å². The molecule has 170 valence electrons. The molecule has 0 spiro atoms. The van der Waals surface area contributed by atoms with Crippen LogP contribution in [0.2, 0.25) is 5.15 Å². The Kier molecular flexibility index (Phi) is 5.61. The Morgan fingerprint density at radius 1 is 1.38 bits per heavy atom. The zero-order valence-electron chi connectivity index (χ0n) is 17.0. The summed E-state index contributed by atoms with van der Waals surface area (Å²) in [4.78, 5) is 17.2. The van der Waals surface area contributed by atoms with Crippen molar-refractivity contribution in [1.82, 2.24) is 19.7 Å². The lowest BCUT2D eigenvalue weighted by molar-refractivity contribution is -0.189. The number of halogens is 5. The van der Waals surface area contributed by atoms with Crippen molar-refractivity contribution in [1.29, 1.82) is 0 Å². The predicted octanol–water partition coefficient (Wildman–Crippen LogP) is 4.90. The maximum absolute atomic E-state index is 15.0. The maximum atomic E-state index is 15.0. The summed E-state index contributed by atoms with van der Waals surface area (Å²) < 4.78 is 61.4. The number of anilines is 1. The average molecular weight is 472 g/mol. The summed E-state index contributed by atoms with van der Waals surface area (Å²) in [5.41, 5.74) is 0.305. The summed E-state index contributed by atoms with van der Waals surface area (Å²) in [5.74, 6) is -1.40. The van der Waals surface area contributed by atoms with Crippen LogP contribution < -0.4 is 10.1 Å². The third-order valence-electron chi connectivity index (χ3n) is 5.15. The first-order chi connectivity index (χ1) is 15.0. The zero-order chi connectivity index (χ0) is 23.2. The second-order valence-electron chi connectivity index (χ2n) is 7.44. The van der Waals surface area contributed by atoms with Crippen LogP contribution in [0, 0.1) is 12.7 Å². The zero-order valence-corrected chi connectivity index (χ0v) is 17.7. The molecule has 0 radical (unpaired) electrons. The molecule has 3 aromatic rings. The molecule has 12 heteroatoms. The second-order valence-corrected chi connectivity index (χ2v) is 7.80. The summed E-state index contributed by atoms with van der Waals surface area (Å²) in [5, 5.41) is 8.67. The highest BCUT2D eigenvalue weighted by atomic mass is 35.5. The van der Waals surface area contributed by atoms with Crippen molar-refractivity contribution < 1.29 is 27.1 Å². The Labute approximate surface area is 184 Å². The monoisotopic (exact) mass is 471 g/mol. The van der Waals surface area contributed by atoms with Gasteiger partial charge in [-0.2, -0.15) is 18.3 Å². The van der Waals surface area contributed by atoms with Gasteiger partial charge in [0.25, 0.3) is 5.91 Å². The van der Waals surface area contributed by atoms with Crippen molar-refractivity contribution >= 4 is 23.2 Å². The van der Waals surface area contributed by atoms with Crippen LogP contribution in [-0.4, -0.2) is 37.9 Å². The molecule has 0 saturated heterocycles. The van der Waals surface area contributed by atoms with E-state index in [1.54, 1.807) is 13.1 Å². The van der Waals surface area contributed by atoms with Crippen LogP contribution in [0.3, 0.4) is 0 Å². The van der Waals surface area contributed by atoms with Crippen LogP contribution in [-0.2, 0) is 13.0 Å². The first-order valence-electron chi connectivity index (χ1n) is 9.69. The number of aromatic amines is 1. The number of carbonyl (C=O) groups is 1. The first-order valence-corrected chi connectivity index (χ1v) is 10.1. The Morgan fingerprint density at radius 3 is 2.75 bits per heavy atom. The number of rotatable bonds is 5. The molecule has 1 atom stereocenters. The minimum absolute atomic E-state index is 0.0494. The van der Waals surface area contributed by atoms with Gasteiger partial charge >= 0.3 is 6.18 Å². The Balaban J connectivity index is 1.75. The van der Waals surface area contributed by atoms with E-state index in [0.717, 1.165) is 44.3 Å². The van der Waals surface area contributed by atoms with Gasteiger partial charge in [-0.3, -0.25) is 9.89 Å². The summed E-state index contributed by atoms with van der Waals surface area (Å²) in [6.07, 6.45) is -3.66. The van der Waals surface area contributed by atoms with E-state index in [4.69, 9.17) is 16.3 Å². The van der Waals surface area contributed by atoms with Gasteiger partial charge in [-0.05, 0) is 32.4 Å². The van der Waals surface area contributed by atoms with Gasteiger partial charge in [-0.15, -0.1) is 0 Å². The van der Waals surface area contributed by atoms with Crippen LogP contribution in [0.1, 0.15) is 35.2 Å². The number of carbonyl (C=O) groups excluding carboxylic acids is 1. The molecule has 0 aliphatic carbocycles. The third kappa shape index (κ3) is 4.16. The van der Waals surface area contributed by atoms with Gasteiger partial charge in [0.05, 0.1) is 17.0 Å². The lowest BCUT2D eigenvalue weighted by Crippen LogP contribution is -2.32. The summed E-state index contributed by atoms with van der Waals surface area (Å²) in [6.45, 7) is 3.11. The number of benzene rings is 1. The van der Waals surface area contributed by atoms with Crippen molar-refractivity contribution in [2.45, 2.75) is 45.5 Å². The van der Waals surface area contributed by atoms with Gasteiger partial charge < -0.3 is 14.6 Å². The van der Waals surface area contributed by atoms with E-state index < -0.39 is 35.3 Å². The van der Waals surface area contributed by atoms with E-state index in [9.17, 15) is 22.4 Å². The van der Waals surface area contributed by atoms with Gasteiger partial charge in [0, 0.05) is 24.7 Å².